The lowest BCUT2D eigenvalue weighted by Crippen LogP contribution is -2.51. The maximum Gasteiger partial charge on any atom is 0.511 e. The standard InChI is InChI=1S/C26H33F3N6O4S/c1-14(2)9-18-11-22(33-39-18)24-32-31-23(35(24)17-6-7-17)19-12-34(40(37,38)26(27,28)29)13-20(19)25(36)30-21-8-5-15(3)10-16(21)4/h5,8,10-11,14,17,19-20,23,31H,6-7,9,12-13H2,1-4H3,(H,30,36)/t19-,20-,23?/m0/s1. The highest BCUT2D eigenvalue weighted by Gasteiger charge is 2.57. The fourth-order valence-electron chi connectivity index (χ4n) is 5.45. The molecule has 2 N–H and O–H groups in total. The Labute approximate surface area is 231 Å². The normalized spacial score (nSPS) is 23.9. The summed E-state index contributed by atoms with van der Waals surface area (Å²) in [7, 11) is -5.65. The first-order valence-corrected chi connectivity index (χ1v) is 14.7. The molecule has 14 heteroatoms. The van der Waals surface area contributed by atoms with Gasteiger partial charge >= 0.3 is 15.5 Å². The van der Waals surface area contributed by atoms with Crippen LogP contribution < -0.4 is 10.7 Å². The van der Waals surface area contributed by atoms with E-state index in [4.69, 9.17) is 4.52 Å². The number of hydrogen-bond donors (Lipinski definition) is 2. The van der Waals surface area contributed by atoms with Crippen LogP contribution in [-0.2, 0) is 21.2 Å². The molecule has 1 aromatic carbocycles. The first-order valence-electron chi connectivity index (χ1n) is 13.3. The number of amides is 1. The van der Waals surface area contributed by atoms with E-state index < -0.39 is 52.5 Å². The SMILES string of the molecule is Cc1ccc(NC(=O)[C@H]2CN(S(=O)(=O)C(F)(F)F)C[C@@H]2C2NN=C(c3cc(CC(C)C)on3)N2C2CC2)c(C)c1. The van der Waals surface area contributed by atoms with Crippen molar-refractivity contribution in [2.75, 3.05) is 18.4 Å². The zero-order chi connectivity index (χ0) is 29.0. The third kappa shape index (κ3) is 5.42. The summed E-state index contributed by atoms with van der Waals surface area (Å²) in [6.45, 7) is 6.72. The van der Waals surface area contributed by atoms with Crippen molar-refractivity contribution >= 4 is 27.5 Å². The Morgan fingerprint density at radius 2 is 1.93 bits per heavy atom. The highest BCUT2D eigenvalue weighted by atomic mass is 32.2. The molecule has 2 aromatic rings. The van der Waals surface area contributed by atoms with Gasteiger partial charge in [0, 0.05) is 43.2 Å². The number of nitrogens with one attached hydrogen (secondary N) is 2. The molecule has 1 aromatic heterocycles. The van der Waals surface area contributed by atoms with Gasteiger partial charge in [-0.05, 0) is 44.2 Å². The fraction of sp³-hybridized carbons (Fsp3) is 0.577. The van der Waals surface area contributed by atoms with Gasteiger partial charge in [0.2, 0.25) is 5.91 Å². The van der Waals surface area contributed by atoms with Crippen LogP contribution in [0.2, 0.25) is 0 Å². The fourth-order valence-corrected chi connectivity index (χ4v) is 6.47. The molecule has 40 heavy (non-hydrogen) atoms. The quantitative estimate of drug-likeness (QED) is 0.488. The second kappa shape index (κ2) is 10.4. The topological polar surface area (TPSA) is 120 Å². The summed E-state index contributed by atoms with van der Waals surface area (Å²) in [6.07, 6.45) is 1.61. The van der Waals surface area contributed by atoms with E-state index in [0.29, 0.717) is 39.6 Å². The molecule has 1 aliphatic carbocycles. The van der Waals surface area contributed by atoms with Gasteiger partial charge in [-0.1, -0.05) is 36.7 Å². The van der Waals surface area contributed by atoms with E-state index in [1.54, 1.807) is 12.1 Å². The minimum absolute atomic E-state index is 0.0281. The van der Waals surface area contributed by atoms with E-state index in [1.165, 1.54) is 0 Å². The number of aromatic nitrogens is 1. The van der Waals surface area contributed by atoms with Crippen molar-refractivity contribution in [3.8, 4) is 0 Å². The summed E-state index contributed by atoms with van der Waals surface area (Å²) >= 11 is 0. The van der Waals surface area contributed by atoms with Gasteiger partial charge in [0.05, 0.1) is 5.92 Å². The van der Waals surface area contributed by atoms with Crippen LogP contribution in [0.15, 0.2) is 33.9 Å². The number of anilines is 1. The summed E-state index contributed by atoms with van der Waals surface area (Å²) in [6, 6.07) is 7.23. The molecule has 1 saturated carbocycles. The van der Waals surface area contributed by atoms with Crippen LogP contribution in [0.5, 0.6) is 0 Å². The number of hydrogen-bond acceptors (Lipinski definition) is 8. The number of alkyl halides is 3. The van der Waals surface area contributed by atoms with Crippen LogP contribution in [0.4, 0.5) is 18.9 Å². The maximum absolute atomic E-state index is 13.6. The minimum atomic E-state index is -5.65. The molecule has 10 nitrogen and oxygen atoms in total. The smallest absolute Gasteiger partial charge is 0.361 e. The number of nitrogens with zero attached hydrogens (tertiary/aromatic N) is 4. The second-order valence-electron chi connectivity index (χ2n) is 11.3. The van der Waals surface area contributed by atoms with Gasteiger partial charge in [-0.2, -0.15) is 22.6 Å². The van der Waals surface area contributed by atoms with Crippen molar-refractivity contribution in [2.45, 2.75) is 64.7 Å². The van der Waals surface area contributed by atoms with Crippen LogP contribution in [-0.4, -0.2) is 65.3 Å². The van der Waals surface area contributed by atoms with Crippen molar-refractivity contribution in [3.05, 3.63) is 46.8 Å². The van der Waals surface area contributed by atoms with Crippen molar-refractivity contribution < 1.29 is 30.9 Å². The predicted molar refractivity (Wildman–Crippen MR) is 141 cm³/mol. The second-order valence-corrected chi connectivity index (χ2v) is 13.2. The molecule has 2 fully saturated rings. The van der Waals surface area contributed by atoms with Gasteiger partial charge in [0.1, 0.15) is 11.9 Å². The molecule has 1 saturated heterocycles. The lowest BCUT2D eigenvalue weighted by atomic mass is 9.91. The third-order valence-electron chi connectivity index (χ3n) is 7.53. The van der Waals surface area contributed by atoms with Gasteiger partial charge in [0.15, 0.2) is 11.5 Å². The van der Waals surface area contributed by atoms with Crippen molar-refractivity contribution in [3.63, 3.8) is 0 Å². The van der Waals surface area contributed by atoms with Crippen LogP contribution in [0.1, 0.15) is 49.3 Å². The van der Waals surface area contributed by atoms with Crippen molar-refractivity contribution in [1.82, 2.24) is 19.8 Å². The highest BCUT2D eigenvalue weighted by molar-refractivity contribution is 7.90. The van der Waals surface area contributed by atoms with Gasteiger partial charge in [0.25, 0.3) is 0 Å². The monoisotopic (exact) mass is 582 g/mol. The molecule has 3 aliphatic rings. The molecule has 3 heterocycles. The highest BCUT2D eigenvalue weighted by Crippen LogP contribution is 2.41. The Hall–Kier alpha value is -3.13. The number of carbonyl (C=O) groups is 1. The Morgan fingerprint density at radius 1 is 1.20 bits per heavy atom. The Bertz CT molecular complexity index is 1420. The summed E-state index contributed by atoms with van der Waals surface area (Å²) in [5.74, 6) is -0.957. The largest absolute Gasteiger partial charge is 0.511 e. The summed E-state index contributed by atoms with van der Waals surface area (Å²) in [5, 5.41) is 11.4. The lowest BCUT2D eigenvalue weighted by Gasteiger charge is -2.33. The molecule has 0 bridgehead atoms. The number of carbonyl (C=O) groups excluding carboxylic acids is 1. The summed E-state index contributed by atoms with van der Waals surface area (Å²) < 4.78 is 71.3. The van der Waals surface area contributed by atoms with Crippen LogP contribution in [0, 0.1) is 31.6 Å². The summed E-state index contributed by atoms with van der Waals surface area (Å²) in [4.78, 5) is 15.5. The number of benzene rings is 1. The third-order valence-corrected chi connectivity index (χ3v) is 9.09. The number of amidine groups is 1. The zero-order valence-corrected chi connectivity index (χ0v) is 23.5. The molecule has 5 rings (SSSR count). The van der Waals surface area contributed by atoms with Crippen molar-refractivity contribution in [2.24, 2.45) is 22.9 Å². The van der Waals surface area contributed by atoms with E-state index in [-0.39, 0.29) is 6.04 Å². The zero-order valence-electron chi connectivity index (χ0n) is 22.7. The average Bonchev–Trinajstić information content (AvgIpc) is 3.24. The molecule has 1 amide bonds. The minimum Gasteiger partial charge on any atom is -0.361 e. The number of rotatable bonds is 8. The van der Waals surface area contributed by atoms with Gasteiger partial charge in [-0.25, -0.2) is 8.42 Å². The summed E-state index contributed by atoms with van der Waals surface area (Å²) in [5.41, 5.74) is 0.284. The predicted octanol–water partition coefficient (Wildman–Crippen LogP) is 3.58. The Balaban J connectivity index is 1.45. The Kier molecular flexibility index (Phi) is 7.36. The first-order chi connectivity index (χ1) is 18.8. The van der Waals surface area contributed by atoms with Gasteiger partial charge < -0.3 is 14.7 Å². The average molecular weight is 583 g/mol. The van der Waals surface area contributed by atoms with Gasteiger partial charge in [-0.15, -0.1) is 0 Å². The molecule has 0 spiro atoms. The molecule has 0 radical (unpaired) electrons. The number of aryl methyl sites for hydroxylation is 2. The van der Waals surface area contributed by atoms with Crippen LogP contribution in [0.25, 0.3) is 0 Å². The molecular formula is C26H33F3N6O4S. The molecule has 3 atom stereocenters. The van der Waals surface area contributed by atoms with E-state index in [1.807, 2.05) is 44.7 Å². The number of hydrazone groups is 1. The molecular weight excluding hydrogens is 549 g/mol. The van der Waals surface area contributed by atoms with Crippen molar-refractivity contribution in [1.29, 1.82) is 0 Å². The van der Waals surface area contributed by atoms with E-state index >= 15 is 0 Å². The lowest BCUT2D eigenvalue weighted by molar-refractivity contribution is -0.121. The van der Waals surface area contributed by atoms with Crippen LogP contribution >= 0.6 is 0 Å². The number of sulfonamides is 1. The van der Waals surface area contributed by atoms with E-state index in [2.05, 4.69) is 21.0 Å². The van der Waals surface area contributed by atoms with Crippen LogP contribution in [0.3, 0.4) is 0 Å². The molecule has 218 valence electrons. The van der Waals surface area contributed by atoms with E-state index in [0.717, 1.165) is 24.0 Å². The van der Waals surface area contributed by atoms with E-state index in [9.17, 15) is 26.4 Å². The number of halogens is 3. The first kappa shape index (κ1) is 28.4. The Morgan fingerprint density at radius 3 is 2.55 bits per heavy atom. The molecule has 2 aliphatic heterocycles. The van der Waals surface area contributed by atoms with Gasteiger partial charge in [-0.3, -0.25) is 10.2 Å². The maximum atomic E-state index is 13.6. The molecule has 1 unspecified atom stereocenters.